The SMILES string of the molecule is C[C@@H]1CC(=O)C2=C(O1)O[C@]1(C)CC[C@]3(O)C(C)(C)[C@H](O)CC(=O)[C@@]3(C)[C@@H]1C2. The van der Waals surface area contributed by atoms with Gasteiger partial charge in [0, 0.05) is 24.2 Å². The second kappa shape index (κ2) is 5.35. The Morgan fingerprint density at radius 1 is 1.04 bits per heavy atom. The molecule has 0 unspecified atom stereocenters. The van der Waals surface area contributed by atoms with Gasteiger partial charge in [0.15, 0.2) is 5.78 Å². The zero-order chi connectivity index (χ0) is 20.0. The maximum Gasteiger partial charge on any atom is 0.286 e. The van der Waals surface area contributed by atoms with Gasteiger partial charge in [0.2, 0.25) is 0 Å². The number of hydrogen-bond acceptors (Lipinski definition) is 6. The number of aliphatic hydroxyl groups excluding tert-OH is 1. The van der Waals surface area contributed by atoms with E-state index in [-0.39, 0.29) is 30.0 Å². The molecule has 2 aliphatic carbocycles. The van der Waals surface area contributed by atoms with E-state index in [1.807, 2.05) is 27.7 Å². The summed E-state index contributed by atoms with van der Waals surface area (Å²) in [7, 11) is 0. The highest BCUT2D eigenvalue weighted by molar-refractivity contribution is 5.97. The minimum absolute atomic E-state index is 0.00573. The predicted octanol–water partition coefficient (Wildman–Crippen LogP) is 2.26. The van der Waals surface area contributed by atoms with Crippen LogP contribution in [0.15, 0.2) is 11.5 Å². The van der Waals surface area contributed by atoms with E-state index in [0.717, 1.165) is 0 Å². The topological polar surface area (TPSA) is 93.1 Å². The fraction of sp³-hybridized carbons (Fsp3) is 0.810. The Labute approximate surface area is 159 Å². The summed E-state index contributed by atoms with van der Waals surface area (Å²) >= 11 is 0. The monoisotopic (exact) mass is 378 g/mol. The van der Waals surface area contributed by atoms with Crippen LogP contribution in [0.5, 0.6) is 0 Å². The maximum atomic E-state index is 13.2. The number of carbonyl (C=O) groups is 2. The molecule has 0 amide bonds. The van der Waals surface area contributed by atoms with Crippen molar-refractivity contribution in [2.45, 2.75) is 90.1 Å². The molecule has 6 heteroatoms. The number of Topliss-reactive ketones (excluding diaryl/α,β-unsaturated/α-hetero) is 2. The molecule has 4 aliphatic rings. The fourth-order valence-corrected chi connectivity index (χ4v) is 6.13. The molecule has 0 saturated heterocycles. The second-order valence-corrected chi connectivity index (χ2v) is 9.92. The van der Waals surface area contributed by atoms with Gasteiger partial charge in [-0.15, -0.1) is 0 Å². The number of rotatable bonds is 0. The molecule has 6 nitrogen and oxygen atoms in total. The fourth-order valence-electron chi connectivity index (χ4n) is 6.13. The van der Waals surface area contributed by atoms with Crippen LogP contribution in [0.4, 0.5) is 0 Å². The third kappa shape index (κ3) is 2.14. The van der Waals surface area contributed by atoms with Crippen LogP contribution in [0.25, 0.3) is 0 Å². The zero-order valence-corrected chi connectivity index (χ0v) is 16.8. The lowest BCUT2D eigenvalue weighted by molar-refractivity contribution is -0.283. The van der Waals surface area contributed by atoms with Gasteiger partial charge in [-0.1, -0.05) is 13.8 Å². The second-order valence-electron chi connectivity index (χ2n) is 9.92. The van der Waals surface area contributed by atoms with Crippen LogP contribution in [0, 0.1) is 16.7 Å². The van der Waals surface area contributed by atoms with E-state index in [4.69, 9.17) is 9.47 Å². The Kier molecular flexibility index (Phi) is 3.75. The summed E-state index contributed by atoms with van der Waals surface area (Å²) in [5.74, 6) is -0.221. The molecule has 0 bridgehead atoms. The Morgan fingerprint density at radius 2 is 1.70 bits per heavy atom. The van der Waals surface area contributed by atoms with Crippen molar-refractivity contribution in [3.8, 4) is 0 Å². The molecule has 0 radical (unpaired) electrons. The third-order valence-electron chi connectivity index (χ3n) is 8.23. The number of carbonyl (C=O) groups excluding carboxylic acids is 2. The zero-order valence-electron chi connectivity index (χ0n) is 16.8. The van der Waals surface area contributed by atoms with Crippen molar-refractivity contribution in [3.63, 3.8) is 0 Å². The number of allylic oxidation sites excluding steroid dienone is 1. The molecule has 4 rings (SSSR count). The normalized spacial score (nSPS) is 48.8. The van der Waals surface area contributed by atoms with Crippen LogP contribution in [0.3, 0.4) is 0 Å². The largest absolute Gasteiger partial charge is 0.462 e. The molecule has 0 aromatic heterocycles. The van der Waals surface area contributed by atoms with Crippen LogP contribution in [-0.2, 0) is 19.1 Å². The van der Waals surface area contributed by atoms with Crippen molar-refractivity contribution in [2.24, 2.45) is 16.7 Å². The molecule has 6 atom stereocenters. The van der Waals surface area contributed by atoms with Gasteiger partial charge in [-0.2, -0.15) is 0 Å². The first-order chi connectivity index (χ1) is 12.4. The highest BCUT2D eigenvalue weighted by Crippen LogP contribution is 2.66. The molecular weight excluding hydrogens is 348 g/mol. The number of ether oxygens (including phenoxy) is 2. The lowest BCUT2D eigenvalue weighted by Crippen LogP contribution is -2.75. The Balaban J connectivity index is 1.84. The summed E-state index contributed by atoms with van der Waals surface area (Å²) < 4.78 is 12.0. The lowest BCUT2D eigenvalue weighted by atomic mass is 9.41. The van der Waals surface area contributed by atoms with Gasteiger partial charge >= 0.3 is 0 Å². The van der Waals surface area contributed by atoms with Crippen molar-refractivity contribution in [3.05, 3.63) is 11.5 Å². The molecule has 2 aliphatic heterocycles. The Hall–Kier alpha value is -1.40. The van der Waals surface area contributed by atoms with E-state index in [1.54, 1.807) is 6.92 Å². The highest BCUT2D eigenvalue weighted by Gasteiger charge is 2.73. The summed E-state index contributed by atoms with van der Waals surface area (Å²) in [5, 5.41) is 22.4. The van der Waals surface area contributed by atoms with Gasteiger partial charge in [0.05, 0.1) is 22.7 Å². The van der Waals surface area contributed by atoms with Crippen molar-refractivity contribution in [1.82, 2.24) is 0 Å². The van der Waals surface area contributed by atoms with Gasteiger partial charge in [0.25, 0.3) is 5.95 Å². The van der Waals surface area contributed by atoms with E-state index in [9.17, 15) is 19.8 Å². The van der Waals surface area contributed by atoms with Gasteiger partial charge in [0.1, 0.15) is 17.5 Å². The first-order valence-corrected chi connectivity index (χ1v) is 9.92. The average Bonchev–Trinajstić information content (AvgIpc) is 2.56. The third-order valence-corrected chi connectivity index (χ3v) is 8.23. The van der Waals surface area contributed by atoms with Gasteiger partial charge < -0.3 is 19.7 Å². The Morgan fingerprint density at radius 3 is 2.37 bits per heavy atom. The van der Waals surface area contributed by atoms with Crippen LogP contribution in [-0.4, -0.2) is 45.2 Å². The van der Waals surface area contributed by atoms with E-state index in [2.05, 4.69) is 0 Å². The number of aliphatic hydroxyl groups is 2. The van der Waals surface area contributed by atoms with Crippen LogP contribution in [0.2, 0.25) is 0 Å². The number of fused-ring (bicyclic) bond motifs is 3. The summed E-state index contributed by atoms with van der Waals surface area (Å²) in [6.45, 7) is 9.25. The maximum absolute atomic E-state index is 13.2. The lowest BCUT2D eigenvalue weighted by Gasteiger charge is -2.67. The molecule has 27 heavy (non-hydrogen) atoms. The smallest absolute Gasteiger partial charge is 0.286 e. The Bertz CT molecular complexity index is 754. The summed E-state index contributed by atoms with van der Waals surface area (Å²) in [6, 6.07) is 0. The summed E-state index contributed by atoms with van der Waals surface area (Å²) in [4.78, 5) is 25.9. The highest BCUT2D eigenvalue weighted by atomic mass is 16.7. The molecule has 150 valence electrons. The predicted molar refractivity (Wildman–Crippen MR) is 96.5 cm³/mol. The quantitative estimate of drug-likeness (QED) is 0.672. The van der Waals surface area contributed by atoms with E-state index in [1.165, 1.54) is 0 Å². The average molecular weight is 378 g/mol. The standard InChI is InChI=1S/C21H30O6/c1-11-8-13(22)12-9-14-19(4,27-17(12)26-11)6-7-21(25)18(2,3)15(23)10-16(24)20(14,21)5/h11,14-15,23,25H,6-10H2,1-5H3/t11-,14-,15-,19-,20-,21+/m1/s1. The van der Waals surface area contributed by atoms with Crippen molar-refractivity contribution >= 4 is 11.6 Å². The van der Waals surface area contributed by atoms with Crippen molar-refractivity contribution in [2.75, 3.05) is 0 Å². The molecule has 2 heterocycles. The van der Waals surface area contributed by atoms with Crippen molar-refractivity contribution < 1.29 is 29.3 Å². The van der Waals surface area contributed by atoms with Gasteiger partial charge in [-0.05, 0) is 40.0 Å². The summed E-state index contributed by atoms with van der Waals surface area (Å²) in [5.41, 5.74) is -3.52. The van der Waals surface area contributed by atoms with Crippen molar-refractivity contribution in [1.29, 1.82) is 0 Å². The van der Waals surface area contributed by atoms with Crippen LogP contribution < -0.4 is 0 Å². The molecule has 2 N–H and O–H groups in total. The van der Waals surface area contributed by atoms with Crippen LogP contribution >= 0.6 is 0 Å². The van der Waals surface area contributed by atoms with Crippen LogP contribution in [0.1, 0.15) is 66.7 Å². The molecular formula is C21H30O6. The number of hydrogen-bond donors (Lipinski definition) is 2. The van der Waals surface area contributed by atoms with Gasteiger partial charge in [-0.3, -0.25) is 9.59 Å². The number of ketones is 2. The van der Waals surface area contributed by atoms with E-state index < -0.39 is 28.1 Å². The van der Waals surface area contributed by atoms with E-state index >= 15 is 0 Å². The first-order valence-electron chi connectivity index (χ1n) is 9.92. The molecule has 2 fully saturated rings. The first kappa shape index (κ1) is 18.9. The minimum atomic E-state index is -1.37. The molecule has 2 saturated carbocycles. The molecule has 0 aromatic carbocycles. The van der Waals surface area contributed by atoms with E-state index in [0.29, 0.717) is 37.2 Å². The molecule has 0 spiro atoms. The molecule has 0 aromatic rings. The minimum Gasteiger partial charge on any atom is -0.462 e. The summed E-state index contributed by atoms with van der Waals surface area (Å²) in [6.07, 6.45) is 0.406. The van der Waals surface area contributed by atoms with Gasteiger partial charge in [-0.25, -0.2) is 0 Å².